The molecule has 0 fully saturated rings. The Hall–Kier alpha value is -2.59. The van der Waals surface area contributed by atoms with Crippen LogP contribution < -0.4 is 14.4 Å². The molecule has 0 radical (unpaired) electrons. The smallest absolute Gasteiger partial charge is 0.244 e. The first kappa shape index (κ1) is 27.7. The molecule has 0 aromatic heterocycles. The number of carbonyl (C=O) groups excluding carboxylic acids is 2. The number of hydrogen-bond acceptors (Lipinski definition) is 5. The summed E-state index contributed by atoms with van der Waals surface area (Å²) >= 11 is 3.34. The van der Waals surface area contributed by atoms with E-state index in [0.717, 1.165) is 16.1 Å². The van der Waals surface area contributed by atoms with Gasteiger partial charge in [-0.3, -0.25) is 13.9 Å². The highest BCUT2D eigenvalue weighted by atomic mass is 79.9. The van der Waals surface area contributed by atoms with Crippen LogP contribution in [0.4, 0.5) is 5.69 Å². The van der Waals surface area contributed by atoms with Crippen LogP contribution in [0.15, 0.2) is 53.0 Å². The lowest BCUT2D eigenvalue weighted by Gasteiger charge is -2.31. The molecule has 2 rings (SSSR count). The Balaban J connectivity index is 2.38. The number of nitrogens with one attached hydrogen (secondary N) is 1. The number of carbonyl (C=O) groups is 2. The summed E-state index contributed by atoms with van der Waals surface area (Å²) in [6.07, 6.45) is 1.05. The van der Waals surface area contributed by atoms with Crippen LogP contribution >= 0.6 is 15.9 Å². The second-order valence-electron chi connectivity index (χ2n) is 8.44. The van der Waals surface area contributed by atoms with Gasteiger partial charge in [-0.1, -0.05) is 48.0 Å². The van der Waals surface area contributed by atoms with Gasteiger partial charge in [0.15, 0.2) is 0 Å². The van der Waals surface area contributed by atoms with E-state index >= 15 is 0 Å². The fourth-order valence-electron chi connectivity index (χ4n) is 3.25. The molecule has 0 aliphatic heterocycles. The van der Waals surface area contributed by atoms with Gasteiger partial charge >= 0.3 is 0 Å². The van der Waals surface area contributed by atoms with Crippen molar-refractivity contribution in [2.75, 3.05) is 30.8 Å². The van der Waals surface area contributed by atoms with Gasteiger partial charge < -0.3 is 15.0 Å². The van der Waals surface area contributed by atoms with Crippen LogP contribution in [0.5, 0.6) is 5.75 Å². The average Bonchev–Trinajstić information content (AvgIpc) is 2.78. The SMILES string of the molecule is COc1cccc(CN(C(=O)CN(c2cccc(Br)c2)S(C)(=O)=O)[C@H](C)C(=O)NCC(C)C)c1. The minimum Gasteiger partial charge on any atom is -0.497 e. The minimum atomic E-state index is -3.77. The fourth-order valence-corrected chi connectivity index (χ4v) is 4.48. The van der Waals surface area contributed by atoms with E-state index in [9.17, 15) is 18.0 Å². The van der Waals surface area contributed by atoms with Crippen LogP contribution in [0.25, 0.3) is 0 Å². The van der Waals surface area contributed by atoms with E-state index in [4.69, 9.17) is 4.74 Å². The Labute approximate surface area is 210 Å². The molecular weight excluding hydrogens is 522 g/mol. The van der Waals surface area contributed by atoms with E-state index in [-0.39, 0.29) is 18.4 Å². The van der Waals surface area contributed by atoms with Gasteiger partial charge in [0, 0.05) is 17.6 Å². The second-order valence-corrected chi connectivity index (χ2v) is 11.3. The molecule has 0 heterocycles. The second kappa shape index (κ2) is 12.2. The average molecular weight is 555 g/mol. The standard InChI is InChI=1S/C24H32BrN3O5S/c1-17(2)14-26-24(30)18(3)27(15-19-8-6-11-22(12-19)33-4)23(29)16-28(34(5,31)32)21-10-7-9-20(25)13-21/h6-13,17-18H,14-16H2,1-5H3,(H,26,30)/t18-/m1/s1. The highest BCUT2D eigenvalue weighted by Gasteiger charge is 2.30. The van der Waals surface area contributed by atoms with E-state index in [1.54, 1.807) is 56.5 Å². The molecule has 1 N–H and O–H groups in total. The summed E-state index contributed by atoms with van der Waals surface area (Å²) in [7, 11) is -2.22. The van der Waals surface area contributed by atoms with E-state index in [1.807, 2.05) is 19.9 Å². The molecule has 1 atom stereocenters. The Kier molecular flexibility index (Phi) is 9.93. The summed E-state index contributed by atoms with van der Waals surface area (Å²) in [4.78, 5) is 27.7. The predicted molar refractivity (Wildman–Crippen MR) is 137 cm³/mol. The maximum Gasteiger partial charge on any atom is 0.244 e. The number of methoxy groups -OCH3 is 1. The first-order valence-corrected chi connectivity index (χ1v) is 13.5. The van der Waals surface area contributed by atoms with Gasteiger partial charge in [0.2, 0.25) is 21.8 Å². The van der Waals surface area contributed by atoms with Gasteiger partial charge in [-0.25, -0.2) is 8.42 Å². The molecular formula is C24H32BrN3O5S. The topological polar surface area (TPSA) is 96.0 Å². The summed E-state index contributed by atoms with van der Waals surface area (Å²) in [6, 6.07) is 13.1. The van der Waals surface area contributed by atoms with Gasteiger partial charge in [0.1, 0.15) is 18.3 Å². The highest BCUT2D eigenvalue weighted by molar-refractivity contribution is 9.10. The number of anilines is 1. The highest BCUT2D eigenvalue weighted by Crippen LogP contribution is 2.23. The third-order valence-corrected chi connectivity index (χ3v) is 6.75. The summed E-state index contributed by atoms with van der Waals surface area (Å²) in [6.45, 7) is 5.73. The number of nitrogens with zero attached hydrogens (tertiary/aromatic N) is 2. The van der Waals surface area contributed by atoms with Crippen molar-refractivity contribution in [1.29, 1.82) is 0 Å². The maximum absolute atomic E-state index is 13.5. The molecule has 2 aromatic rings. The van der Waals surface area contributed by atoms with Crippen LogP contribution in [0.1, 0.15) is 26.3 Å². The maximum atomic E-state index is 13.5. The van der Waals surface area contributed by atoms with Gasteiger partial charge in [-0.15, -0.1) is 0 Å². The minimum absolute atomic E-state index is 0.113. The largest absolute Gasteiger partial charge is 0.497 e. The summed E-state index contributed by atoms with van der Waals surface area (Å²) in [5, 5.41) is 2.85. The van der Waals surface area contributed by atoms with Gasteiger partial charge in [0.25, 0.3) is 0 Å². The molecule has 0 aliphatic carbocycles. The lowest BCUT2D eigenvalue weighted by molar-refractivity contribution is -0.139. The van der Waals surface area contributed by atoms with Gasteiger partial charge in [-0.2, -0.15) is 0 Å². The van der Waals surface area contributed by atoms with Crippen LogP contribution in [0.3, 0.4) is 0 Å². The predicted octanol–water partition coefficient (Wildman–Crippen LogP) is 3.41. The lowest BCUT2D eigenvalue weighted by Crippen LogP contribution is -2.51. The molecule has 0 saturated heterocycles. The molecule has 186 valence electrons. The molecule has 0 saturated carbocycles. The first-order chi connectivity index (χ1) is 15.9. The van der Waals surface area contributed by atoms with Crippen LogP contribution in [-0.4, -0.2) is 57.6 Å². The molecule has 2 aromatic carbocycles. The van der Waals surface area contributed by atoms with Gasteiger partial charge in [-0.05, 0) is 48.7 Å². The molecule has 0 bridgehead atoms. The number of rotatable bonds is 11. The third kappa shape index (κ3) is 8.02. The number of hydrogen-bond donors (Lipinski definition) is 1. The van der Waals surface area contributed by atoms with E-state index in [1.165, 1.54) is 4.90 Å². The molecule has 2 amide bonds. The quantitative estimate of drug-likeness (QED) is 0.460. The molecule has 0 unspecified atom stereocenters. The van der Waals surface area contributed by atoms with Crippen LogP contribution in [0, 0.1) is 5.92 Å². The zero-order valence-corrected chi connectivity index (χ0v) is 22.5. The third-order valence-electron chi connectivity index (χ3n) is 5.11. The van der Waals surface area contributed by atoms with Crippen molar-refractivity contribution in [3.8, 4) is 5.75 Å². The van der Waals surface area contributed by atoms with Crippen LogP contribution in [-0.2, 0) is 26.2 Å². The number of sulfonamides is 1. The molecule has 34 heavy (non-hydrogen) atoms. The van der Waals surface area contributed by atoms with Gasteiger partial charge in [0.05, 0.1) is 19.1 Å². The van der Waals surface area contributed by atoms with E-state index in [2.05, 4.69) is 21.2 Å². The number of amides is 2. The summed E-state index contributed by atoms with van der Waals surface area (Å²) < 4.78 is 32.1. The number of benzene rings is 2. The Morgan fingerprint density at radius 3 is 2.35 bits per heavy atom. The number of halogens is 1. The van der Waals surface area contributed by atoms with Crippen molar-refractivity contribution in [2.24, 2.45) is 5.92 Å². The monoisotopic (exact) mass is 553 g/mol. The number of ether oxygens (including phenoxy) is 1. The normalized spacial score (nSPS) is 12.2. The van der Waals surface area contributed by atoms with Crippen molar-refractivity contribution < 1.29 is 22.7 Å². The van der Waals surface area contributed by atoms with Crippen molar-refractivity contribution in [2.45, 2.75) is 33.4 Å². The Morgan fingerprint density at radius 2 is 1.76 bits per heavy atom. The van der Waals surface area contributed by atoms with Crippen LogP contribution in [0.2, 0.25) is 0 Å². The molecule has 10 heteroatoms. The molecule has 0 aliphatic rings. The Bertz CT molecular complexity index is 1110. The van der Waals surface area contributed by atoms with Crippen molar-refractivity contribution in [3.63, 3.8) is 0 Å². The Morgan fingerprint density at radius 1 is 1.09 bits per heavy atom. The molecule has 0 spiro atoms. The van der Waals surface area contributed by atoms with Crippen molar-refractivity contribution in [3.05, 3.63) is 58.6 Å². The fraction of sp³-hybridized carbons (Fsp3) is 0.417. The lowest BCUT2D eigenvalue weighted by atomic mass is 10.1. The van der Waals surface area contributed by atoms with E-state index in [0.29, 0.717) is 22.5 Å². The first-order valence-electron chi connectivity index (χ1n) is 10.9. The zero-order valence-electron chi connectivity index (χ0n) is 20.1. The zero-order chi connectivity index (χ0) is 25.5. The summed E-state index contributed by atoms with van der Waals surface area (Å²) in [5.74, 6) is 0.0587. The van der Waals surface area contributed by atoms with E-state index < -0.39 is 28.5 Å². The van der Waals surface area contributed by atoms with Crippen molar-refractivity contribution >= 4 is 43.5 Å². The van der Waals surface area contributed by atoms with Crippen molar-refractivity contribution in [1.82, 2.24) is 10.2 Å². The molecule has 8 nitrogen and oxygen atoms in total. The summed E-state index contributed by atoms with van der Waals surface area (Å²) in [5.41, 5.74) is 1.10.